The number of nitrogens with two attached hydrogens (primary N) is 1. The van der Waals surface area contributed by atoms with Gasteiger partial charge in [0, 0.05) is 0 Å². The van der Waals surface area contributed by atoms with Crippen LogP contribution in [0.25, 0.3) is 0 Å². The van der Waals surface area contributed by atoms with Crippen LogP contribution < -0.4 is 10.5 Å². The monoisotopic (exact) mass is 231 g/mol. The molecule has 4 nitrogen and oxygen atoms in total. The van der Waals surface area contributed by atoms with Crippen LogP contribution in [-0.2, 0) is 0 Å². The topological polar surface area (TPSA) is 63.9 Å². The molecule has 0 radical (unpaired) electrons. The van der Waals surface area contributed by atoms with Crippen molar-refractivity contribution >= 4 is 5.82 Å². The van der Waals surface area contributed by atoms with Crippen LogP contribution in [0.3, 0.4) is 0 Å². The number of nitrogens with zero attached hydrogens (tertiary/aromatic N) is 1. The first kappa shape index (κ1) is 11.5. The summed E-state index contributed by atoms with van der Waals surface area (Å²) in [4.78, 5) is 0. The van der Waals surface area contributed by atoms with Crippen molar-refractivity contribution < 1.29 is 4.74 Å². The van der Waals surface area contributed by atoms with Crippen LogP contribution in [0.15, 0.2) is 24.3 Å². The zero-order valence-electron chi connectivity index (χ0n) is 10.3. The number of nitrogen functional groups attached to an aromatic ring is 1. The number of anilines is 1. The summed E-state index contributed by atoms with van der Waals surface area (Å²) in [5.41, 5.74) is 7.90. The van der Waals surface area contributed by atoms with E-state index >= 15 is 0 Å². The molecule has 0 spiro atoms. The smallest absolute Gasteiger partial charge is 0.192 e. The Bertz CT molecular complexity index is 500. The minimum Gasteiger partial charge on any atom is -0.451 e. The Morgan fingerprint density at radius 3 is 2.47 bits per heavy atom. The Morgan fingerprint density at radius 2 is 1.88 bits per heavy atom. The first-order valence-corrected chi connectivity index (χ1v) is 5.66. The molecule has 0 saturated heterocycles. The lowest BCUT2D eigenvalue weighted by molar-refractivity contribution is 0.475. The van der Waals surface area contributed by atoms with Crippen molar-refractivity contribution in [2.75, 3.05) is 5.73 Å². The van der Waals surface area contributed by atoms with Gasteiger partial charge in [0.25, 0.3) is 0 Å². The van der Waals surface area contributed by atoms with Gasteiger partial charge < -0.3 is 10.5 Å². The average molecular weight is 231 g/mol. The molecule has 2 rings (SSSR count). The predicted octanol–water partition coefficient (Wildman–Crippen LogP) is 3.22. The van der Waals surface area contributed by atoms with Gasteiger partial charge in [0.1, 0.15) is 5.75 Å². The Labute approximate surface area is 101 Å². The molecule has 90 valence electrons. The van der Waals surface area contributed by atoms with Crippen LogP contribution in [0.1, 0.15) is 31.0 Å². The van der Waals surface area contributed by atoms with E-state index in [9.17, 15) is 0 Å². The molecule has 1 aromatic heterocycles. The Balaban J connectivity index is 2.29. The second-order valence-corrected chi connectivity index (χ2v) is 4.42. The van der Waals surface area contributed by atoms with Crippen LogP contribution in [0.4, 0.5) is 5.82 Å². The SMILES string of the molecule is Cc1ccc(Oc2c(N)n[nH]c2C(C)C)cc1. The van der Waals surface area contributed by atoms with E-state index in [0.29, 0.717) is 17.5 Å². The van der Waals surface area contributed by atoms with E-state index in [2.05, 4.69) is 24.0 Å². The highest BCUT2D eigenvalue weighted by Crippen LogP contribution is 2.33. The third kappa shape index (κ3) is 2.41. The molecule has 0 aliphatic rings. The molecule has 0 aliphatic carbocycles. The maximum absolute atomic E-state index is 5.79. The van der Waals surface area contributed by atoms with Gasteiger partial charge in [-0.1, -0.05) is 31.5 Å². The number of nitrogens with one attached hydrogen (secondary N) is 1. The zero-order valence-corrected chi connectivity index (χ0v) is 10.3. The Hall–Kier alpha value is -1.97. The minimum absolute atomic E-state index is 0.292. The lowest BCUT2D eigenvalue weighted by atomic mass is 10.1. The second kappa shape index (κ2) is 4.49. The number of hydrogen-bond acceptors (Lipinski definition) is 3. The number of ether oxygens (including phenoxy) is 1. The van der Waals surface area contributed by atoms with Gasteiger partial charge in [0.05, 0.1) is 5.69 Å². The number of aromatic nitrogens is 2. The molecule has 0 aliphatic heterocycles. The van der Waals surface area contributed by atoms with E-state index in [1.165, 1.54) is 5.56 Å². The van der Waals surface area contributed by atoms with Gasteiger partial charge in [-0.3, -0.25) is 5.10 Å². The summed E-state index contributed by atoms with van der Waals surface area (Å²) in [6.07, 6.45) is 0. The molecule has 0 atom stereocenters. The van der Waals surface area contributed by atoms with E-state index in [0.717, 1.165) is 11.4 Å². The van der Waals surface area contributed by atoms with Crippen molar-refractivity contribution in [3.05, 3.63) is 35.5 Å². The fraction of sp³-hybridized carbons (Fsp3) is 0.308. The summed E-state index contributed by atoms with van der Waals surface area (Å²) in [5, 5.41) is 6.88. The molecule has 0 amide bonds. The maximum atomic E-state index is 5.79. The summed E-state index contributed by atoms with van der Waals surface area (Å²) in [5.74, 6) is 2.09. The molecule has 3 N–H and O–H groups in total. The quantitative estimate of drug-likeness (QED) is 0.852. The maximum Gasteiger partial charge on any atom is 0.192 e. The number of H-pyrrole nitrogens is 1. The van der Waals surface area contributed by atoms with Gasteiger partial charge in [-0.2, -0.15) is 5.10 Å². The standard InChI is InChI=1S/C13H17N3O/c1-8(2)11-12(13(14)16-15-11)17-10-6-4-9(3)5-7-10/h4-8H,1-3H3,(H3,14,15,16). The van der Waals surface area contributed by atoms with Crippen LogP contribution in [0.2, 0.25) is 0 Å². The molecule has 2 aromatic rings. The number of aromatic amines is 1. The molecule has 0 fully saturated rings. The van der Waals surface area contributed by atoms with Crippen molar-refractivity contribution in [3.63, 3.8) is 0 Å². The van der Waals surface area contributed by atoms with Gasteiger partial charge in [-0.05, 0) is 25.0 Å². The second-order valence-electron chi connectivity index (χ2n) is 4.42. The molecular formula is C13H17N3O. The molecule has 0 unspecified atom stereocenters. The summed E-state index contributed by atoms with van der Waals surface area (Å²) in [6, 6.07) is 7.85. The molecule has 0 saturated carbocycles. The van der Waals surface area contributed by atoms with Crippen LogP contribution in [0, 0.1) is 6.92 Å². The van der Waals surface area contributed by atoms with Crippen molar-refractivity contribution in [2.24, 2.45) is 0 Å². The van der Waals surface area contributed by atoms with Crippen LogP contribution >= 0.6 is 0 Å². The van der Waals surface area contributed by atoms with Gasteiger partial charge in [-0.25, -0.2) is 0 Å². The number of aryl methyl sites for hydroxylation is 1. The van der Waals surface area contributed by atoms with Gasteiger partial charge in [-0.15, -0.1) is 0 Å². The Kier molecular flexibility index (Phi) is 3.04. The summed E-state index contributed by atoms with van der Waals surface area (Å²) in [6.45, 7) is 6.17. The molecule has 4 heteroatoms. The van der Waals surface area contributed by atoms with Crippen LogP contribution in [0.5, 0.6) is 11.5 Å². The fourth-order valence-corrected chi connectivity index (χ4v) is 1.58. The molecule has 17 heavy (non-hydrogen) atoms. The lowest BCUT2D eigenvalue weighted by Crippen LogP contribution is -1.94. The van der Waals surface area contributed by atoms with E-state index in [1.807, 2.05) is 31.2 Å². The average Bonchev–Trinajstić information content (AvgIpc) is 2.64. The number of benzene rings is 1. The first-order chi connectivity index (χ1) is 8.08. The lowest BCUT2D eigenvalue weighted by Gasteiger charge is -2.09. The summed E-state index contributed by atoms with van der Waals surface area (Å²) in [7, 11) is 0. The van der Waals surface area contributed by atoms with E-state index in [-0.39, 0.29) is 0 Å². The number of hydrogen-bond donors (Lipinski definition) is 2. The largest absolute Gasteiger partial charge is 0.451 e. The molecule has 0 bridgehead atoms. The van der Waals surface area contributed by atoms with Crippen LogP contribution in [-0.4, -0.2) is 10.2 Å². The summed E-state index contributed by atoms with van der Waals surface area (Å²) < 4.78 is 5.78. The van der Waals surface area contributed by atoms with Gasteiger partial charge in [0.15, 0.2) is 11.6 Å². The van der Waals surface area contributed by atoms with Crippen molar-refractivity contribution in [1.29, 1.82) is 0 Å². The first-order valence-electron chi connectivity index (χ1n) is 5.66. The molecular weight excluding hydrogens is 214 g/mol. The third-order valence-corrected chi connectivity index (χ3v) is 2.59. The van der Waals surface area contributed by atoms with Gasteiger partial charge in [0.2, 0.25) is 0 Å². The fourth-order valence-electron chi connectivity index (χ4n) is 1.58. The normalized spacial score (nSPS) is 10.8. The zero-order chi connectivity index (χ0) is 12.4. The summed E-state index contributed by atoms with van der Waals surface area (Å²) >= 11 is 0. The van der Waals surface area contributed by atoms with Crippen molar-refractivity contribution in [3.8, 4) is 11.5 Å². The van der Waals surface area contributed by atoms with E-state index in [1.54, 1.807) is 0 Å². The van der Waals surface area contributed by atoms with Gasteiger partial charge >= 0.3 is 0 Å². The molecule has 1 heterocycles. The van der Waals surface area contributed by atoms with E-state index < -0.39 is 0 Å². The predicted molar refractivity (Wildman–Crippen MR) is 68.3 cm³/mol. The highest BCUT2D eigenvalue weighted by atomic mass is 16.5. The van der Waals surface area contributed by atoms with Crippen molar-refractivity contribution in [2.45, 2.75) is 26.7 Å². The Morgan fingerprint density at radius 1 is 1.24 bits per heavy atom. The highest BCUT2D eigenvalue weighted by Gasteiger charge is 2.15. The third-order valence-electron chi connectivity index (χ3n) is 2.59. The van der Waals surface area contributed by atoms with Crippen molar-refractivity contribution in [1.82, 2.24) is 10.2 Å². The number of rotatable bonds is 3. The highest BCUT2D eigenvalue weighted by molar-refractivity contribution is 5.52. The minimum atomic E-state index is 0.292. The molecule has 1 aromatic carbocycles. The van der Waals surface area contributed by atoms with E-state index in [4.69, 9.17) is 10.5 Å².